The van der Waals surface area contributed by atoms with Crippen molar-refractivity contribution in [3.05, 3.63) is 94.7 Å². The number of fused-ring (bicyclic) bond motifs is 2. The number of pyridine rings is 1. The number of benzene rings is 2. The smallest absolute Gasteiger partial charge is 0.248 e. The van der Waals surface area contributed by atoms with Gasteiger partial charge in [0, 0.05) is 56.9 Å². The topological polar surface area (TPSA) is 136 Å². The number of ether oxygens (including phenoxy) is 1. The van der Waals surface area contributed by atoms with Crippen molar-refractivity contribution in [1.29, 1.82) is 0 Å². The Balaban J connectivity index is 1.37. The Kier molecular flexibility index (Phi) is 9.01. The van der Waals surface area contributed by atoms with Crippen molar-refractivity contribution in [1.82, 2.24) is 34.3 Å². The molecule has 2 atom stereocenters. The Morgan fingerprint density at radius 3 is 2.72 bits per heavy atom. The molecule has 0 radical (unpaired) electrons. The predicted molar refractivity (Wildman–Crippen MR) is 174 cm³/mol. The number of aryl methyl sites for hydroxylation is 4. The second-order valence-corrected chi connectivity index (χ2v) is 13.7. The van der Waals surface area contributed by atoms with E-state index in [9.17, 15) is 13.2 Å². The monoisotopic (exact) mass is 641 g/mol. The van der Waals surface area contributed by atoms with Crippen LogP contribution in [0.1, 0.15) is 72.7 Å². The summed E-state index contributed by atoms with van der Waals surface area (Å²) in [5.41, 5.74) is 6.51. The minimum Gasteiger partial charge on any atom is -0.472 e. The fourth-order valence-corrected chi connectivity index (χ4v) is 7.70. The Morgan fingerprint density at radius 2 is 1.96 bits per heavy atom. The lowest BCUT2D eigenvalue weighted by atomic mass is 9.82. The molecule has 2 aromatic carbocycles. The van der Waals surface area contributed by atoms with E-state index in [0.29, 0.717) is 25.8 Å². The SMILES string of the molecule is CC[C@@H]1CN(Cc2cc([C@H](CC(=O)CCc3ncc[nH]3)c3ccc4c(nnn4CC)c3C)ccc2C)S(=O)(=O)c2cccnc2O1. The molecule has 11 nitrogen and oxygen atoms in total. The van der Waals surface area contributed by atoms with Gasteiger partial charge in [-0.05, 0) is 73.2 Å². The molecule has 12 heteroatoms. The minimum atomic E-state index is -3.88. The largest absolute Gasteiger partial charge is 0.472 e. The van der Waals surface area contributed by atoms with Crippen molar-refractivity contribution in [2.75, 3.05) is 6.54 Å². The molecular weight excluding hydrogens is 602 g/mol. The van der Waals surface area contributed by atoms with Gasteiger partial charge < -0.3 is 9.72 Å². The maximum atomic E-state index is 13.9. The molecule has 0 fully saturated rings. The molecule has 0 aliphatic carbocycles. The molecule has 0 saturated heterocycles. The van der Waals surface area contributed by atoms with E-state index < -0.39 is 10.0 Å². The summed E-state index contributed by atoms with van der Waals surface area (Å²) in [7, 11) is -3.88. The number of Topliss-reactive ketones (excluding diaryl/α,β-unsaturated/α-hetero) is 1. The lowest BCUT2D eigenvalue weighted by Gasteiger charge is -2.25. The normalized spacial score (nSPS) is 16.9. The van der Waals surface area contributed by atoms with Gasteiger partial charge in [-0.1, -0.05) is 36.4 Å². The number of nitrogens with one attached hydrogen (secondary N) is 1. The Bertz CT molecular complexity index is 1970. The van der Waals surface area contributed by atoms with Gasteiger partial charge in [-0.2, -0.15) is 4.31 Å². The molecule has 240 valence electrons. The summed E-state index contributed by atoms with van der Waals surface area (Å²) < 4.78 is 37.2. The van der Waals surface area contributed by atoms with E-state index in [-0.39, 0.29) is 48.1 Å². The lowest BCUT2D eigenvalue weighted by Crippen LogP contribution is -2.36. The summed E-state index contributed by atoms with van der Waals surface area (Å²) in [4.78, 5) is 25.2. The number of imidazole rings is 1. The van der Waals surface area contributed by atoms with Gasteiger partial charge in [0.15, 0.2) is 0 Å². The van der Waals surface area contributed by atoms with Crippen LogP contribution < -0.4 is 4.74 Å². The molecule has 1 aliphatic rings. The summed E-state index contributed by atoms with van der Waals surface area (Å²) in [5, 5.41) is 8.79. The third-order valence-electron chi connectivity index (χ3n) is 8.90. The van der Waals surface area contributed by atoms with Gasteiger partial charge in [-0.15, -0.1) is 5.10 Å². The number of carbonyl (C=O) groups excluding carboxylic acids is 1. The van der Waals surface area contributed by atoms with Gasteiger partial charge in [0.1, 0.15) is 28.1 Å². The van der Waals surface area contributed by atoms with Gasteiger partial charge in [0.05, 0.1) is 12.1 Å². The zero-order chi connectivity index (χ0) is 32.4. The van der Waals surface area contributed by atoms with E-state index >= 15 is 0 Å². The molecule has 6 rings (SSSR count). The van der Waals surface area contributed by atoms with Crippen LogP contribution in [0.4, 0.5) is 0 Å². The maximum absolute atomic E-state index is 13.9. The first-order chi connectivity index (χ1) is 22.2. The van der Waals surface area contributed by atoms with E-state index in [1.165, 1.54) is 4.31 Å². The number of nitrogens with zero attached hydrogens (tertiary/aromatic N) is 6. The van der Waals surface area contributed by atoms with E-state index in [1.54, 1.807) is 30.7 Å². The summed E-state index contributed by atoms with van der Waals surface area (Å²) >= 11 is 0. The van der Waals surface area contributed by atoms with Gasteiger partial charge in [-0.3, -0.25) is 4.79 Å². The average molecular weight is 642 g/mol. The summed E-state index contributed by atoms with van der Waals surface area (Å²) in [6.07, 6.45) is 6.46. The second-order valence-electron chi connectivity index (χ2n) is 11.8. The van der Waals surface area contributed by atoms with Crippen molar-refractivity contribution in [3.8, 4) is 5.88 Å². The van der Waals surface area contributed by atoms with Gasteiger partial charge in [0.25, 0.3) is 0 Å². The van der Waals surface area contributed by atoms with Gasteiger partial charge >= 0.3 is 0 Å². The van der Waals surface area contributed by atoms with E-state index in [4.69, 9.17) is 4.74 Å². The highest BCUT2D eigenvalue weighted by Gasteiger charge is 2.35. The number of hydrogen-bond donors (Lipinski definition) is 1. The van der Waals surface area contributed by atoms with Crippen molar-refractivity contribution in [2.24, 2.45) is 0 Å². The van der Waals surface area contributed by atoms with Crippen molar-refractivity contribution >= 4 is 26.8 Å². The Morgan fingerprint density at radius 1 is 1.11 bits per heavy atom. The molecule has 4 heterocycles. The first kappa shape index (κ1) is 31.6. The number of hydrogen-bond acceptors (Lipinski definition) is 8. The number of H-pyrrole nitrogens is 1. The highest BCUT2D eigenvalue weighted by molar-refractivity contribution is 7.89. The third kappa shape index (κ3) is 6.19. The average Bonchev–Trinajstić information content (AvgIpc) is 3.72. The number of carbonyl (C=O) groups is 1. The fraction of sp³-hybridized carbons (Fsp3) is 0.382. The third-order valence-corrected chi connectivity index (χ3v) is 10.7. The molecule has 0 amide bonds. The quantitative estimate of drug-likeness (QED) is 0.206. The minimum absolute atomic E-state index is 0.0730. The molecule has 0 saturated carbocycles. The zero-order valence-electron chi connectivity index (χ0n) is 26.6. The second kappa shape index (κ2) is 13.1. The number of ketones is 1. The fourth-order valence-electron chi connectivity index (χ4n) is 6.17. The van der Waals surface area contributed by atoms with Gasteiger partial charge in [-0.25, -0.2) is 23.1 Å². The molecule has 0 unspecified atom stereocenters. The van der Waals surface area contributed by atoms with Gasteiger partial charge in [0.2, 0.25) is 15.9 Å². The number of sulfonamides is 1. The van der Waals surface area contributed by atoms with Crippen LogP contribution in [0.3, 0.4) is 0 Å². The van der Waals surface area contributed by atoms with Crippen molar-refractivity contribution < 1.29 is 17.9 Å². The molecular formula is C34H39N7O4S. The summed E-state index contributed by atoms with van der Waals surface area (Å²) in [6.45, 7) is 9.09. The van der Waals surface area contributed by atoms with Crippen LogP contribution in [0, 0.1) is 13.8 Å². The van der Waals surface area contributed by atoms with Crippen molar-refractivity contribution in [2.45, 2.75) is 83.4 Å². The zero-order valence-corrected chi connectivity index (χ0v) is 27.4. The van der Waals surface area contributed by atoms with E-state index in [1.807, 2.05) is 50.6 Å². The highest BCUT2D eigenvalue weighted by atomic mass is 32.2. The van der Waals surface area contributed by atoms with Crippen LogP contribution >= 0.6 is 0 Å². The van der Waals surface area contributed by atoms with E-state index in [0.717, 1.165) is 44.7 Å². The summed E-state index contributed by atoms with van der Waals surface area (Å²) in [5.74, 6) is 0.766. The number of aromatic nitrogens is 6. The molecule has 0 bridgehead atoms. The molecule has 5 aromatic rings. The van der Waals surface area contributed by atoms with Crippen LogP contribution in [0.25, 0.3) is 11.0 Å². The Labute approximate surface area is 269 Å². The molecule has 3 aromatic heterocycles. The Hall–Kier alpha value is -4.42. The molecule has 46 heavy (non-hydrogen) atoms. The van der Waals surface area contributed by atoms with Crippen LogP contribution in [0.5, 0.6) is 5.88 Å². The number of rotatable bonds is 11. The van der Waals surface area contributed by atoms with Crippen LogP contribution in [-0.2, 0) is 34.3 Å². The lowest BCUT2D eigenvalue weighted by molar-refractivity contribution is -0.119. The standard InChI is InChI=1S/C34H39N7O4S/c1-5-27-21-40(46(43,44)31-8-7-15-37-34(31)45-27)20-25-18-24(10-9-22(25)3)29(19-26(42)11-14-32-35-16-17-36-32)28-12-13-30-33(23(28)4)38-39-41(30)6-2/h7-10,12-13,15-18,27,29H,5-6,11,14,19-21H2,1-4H3,(H,35,36)/t27-,29+/m1/s1. The first-order valence-corrected chi connectivity index (χ1v) is 17.2. The molecule has 0 spiro atoms. The highest BCUT2D eigenvalue weighted by Crippen LogP contribution is 2.36. The maximum Gasteiger partial charge on any atom is 0.248 e. The van der Waals surface area contributed by atoms with Crippen LogP contribution in [0.15, 0.2) is 66.0 Å². The number of aromatic amines is 1. The molecule has 1 N–H and O–H groups in total. The first-order valence-electron chi connectivity index (χ1n) is 15.7. The van der Waals surface area contributed by atoms with E-state index in [2.05, 4.69) is 37.4 Å². The van der Waals surface area contributed by atoms with Crippen molar-refractivity contribution in [3.63, 3.8) is 0 Å². The summed E-state index contributed by atoms with van der Waals surface area (Å²) in [6, 6.07) is 13.4. The molecule has 1 aliphatic heterocycles. The van der Waals surface area contributed by atoms with Crippen LogP contribution in [0.2, 0.25) is 0 Å². The van der Waals surface area contributed by atoms with Crippen LogP contribution in [-0.4, -0.2) is 61.1 Å². The predicted octanol–water partition coefficient (Wildman–Crippen LogP) is 5.27.